The van der Waals surface area contributed by atoms with E-state index in [0.29, 0.717) is 11.7 Å². The molecule has 2 heterocycles. The molecule has 4 heteroatoms. The van der Waals surface area contributed by atoms with Gasteiger partial charge < -0.3 is 15.1 Å². The molecule has 1 amide bonds. The van der Waals surface area contributed by atoms with Crippen LogP contribution in [-0.4, -0.2) is 25.5 Å². The standard InChI is InChI=1S/C12H18N2O2/c1-9-4-7-16-11(9)12(15)14-8-10-2-5-13-6-3-10/h4,7,10,13H,2-3,5-6,8H2,1H3,(H,14,15). The van der Waals surface area contributed by atoms with Crippen LogP contribution >= 0.6 is 0 Å². The summed E-state index contributed by atoms with van der Waals surface area (Å²) in [5.41, 5.74) is 0.891. The highest BCUT2D eigenvalue weighted by molar-refractivity contribution is 5.92. The van der Waals surface area contributed by atoms with E-state index in [0.717, 1.165) is 38.0 Å². The molecule has 0 atom stereocenters. The predicted octanol–water partition coefficient (Wildman–Crippen LogP) is 1.32. The van der Waals surface area contributed by atoms with Gasteiger partial charge in [-0.3, -0.25) is 4.79 Å². The third-order valence-corrected chi connectivity index (χ3v) is 3.08. The number of carbonyl (C=O) groups excluding carboxylic acids is 1. The summed E-state index contributed by atoms with van der Waals surface area (Å²) < 4.78 is 5.14. The van der Waals surface area contributed by atoms with Gasteiger partial charge in [0.05, 0.1) is 6.26 Å². The first-order valence-corrected chi connectivity index (χ1v) is 5.80. The fourth-order valence-electron chi connectivity index (χ4n) is 2.01. The summed E-state index contributed by atoms with van der Waals surface area (Å²) in [5.74, 6) is 0.940. The number of piperidine rings is 1. The summed E-state index contributed by atoms with van der Waals surface area (Å²) in [6.07, 6.45) is 3.82. The van der Waals surface area contributed by atoms with Gasteiger partial charge in [0.2, 0.25) is 0 Å². The summed E-state index contributed by atoms with van der Waals surface area (Å²) in [6, 6.07) is 1.81. The topological polar surface area (TPSA) is 54.3 Å². The highest BCUT2D eigenvalue weighted by atomic mass is 16.3. The molecule has 1 aliphatic rings. The van der Waals surface area contributed by atoms with Crippen LogP contribution < -0.4 is 10.6 Å². The minimum atomic E-state index is -0.0963. The normalized spacial score (nSPS) is 17.3. The molecule has 0 aliphatic carbocycles. The van der Waals surface area contributed by atoms with E-state index in [4.69, 9.17) is 4.42 Å². The van der Waals surface area contributed by atoms with Crippen molar-refractivity contribution in [3.63, 3.8) is 0 Å². The molecule has 1 aliphatic heterocycles. The summed E-state index contributed by atoms with van der Waals surface area (Å²) in [4.78, 5) is 11.7. The molecule has 1 aromatic rings. The van der Waals surface area contributed by atoms with E-state index in [2.05, 4.69) is 10.6 Å². The van der Waals surface area contributed by atoms with Gasteiger partial charge in [-0.15, -0.1) is 0 Å². The number of furan rings is 1. The van der Waals surface area contributed by atoms with E-state index in [9.17, 15) is 4.79 Å². The summed E-state index contributed by atoms with van der Waals surface area (Å²) in [7, 11) is 0. The fraction of sp³-hybridized carbons (Fsp3) is 0.583. The van der Waals surface area contributed by atoms with Gasteiger partial charge in [0, 0.05) is 12.1 Å². The predicted molar refractivity (Wildman–Crippen MR) is 61.4 cm³/mol. The molecule has 1 saturated heterocycles. The van der Waals surface area contributed by atoms with Gasteiger partial charge in [0.15, 0.2) is 5.76 Å². The minimum Gasteiger partial charge on any atom is -0.459 e. The van der Waals surface area contributed by atoms with Gasteiger partial charge in [-0.2, -0.15) is 0 Å². The second-order valence-electron chi connectivity index (χ2n) is 4.34. The zero-order chi connectivity index (χ0) is 11.4. The third-order valence-electron chi connectivity index (χ3n) is 3.08. The molecule has 2 N–H and O–H groups in total. The Bertz CT molecular complexity index is 354. The fourth-order valence-corrected chi connectivity index (χ4v) is 2.01. The Morgan fingerprint density at radius 3 is 2.94 bits per heavy atom. The van der Waals surface area contributed by atoms with Crippen LogP contribution in [0.4, 0.5) is 0 Å². The second-order valence-corrected chi connectivity index (χ2v) is 4.34. The lowest BCUT2D eigenvalue weighted by molar-refractivity contribution is 0.0915. The highest BCUT2D eigenvalue weighted by Gasteiger charge is 2.16. The van der Waals surface area contributed by atoms with Gasteiger partial charge in [0.1, 0.15) is 0 Å². The quantitative estimate of drug-likeness (QED) is 0.811. The molecule has 1 fully saturated rings. The largest absolute Gasteiger partial charge is 0.459 e. The number of aryl methyl sites for hydroxylation is 1. The maximum absolute atomic E-state index is 11.7. The third kappa shape index (κ3) is 2.64. The number of nitrogens with one attached hydrogen (secondary N) is 2. The van der Waals surface area contributed by atoms with Crippen LogP contribution in [0.1, 0.15) is 29.0 Å². The first-order chi connectivity index (χ1) is 7.77. The van der Waals surface area contributed by atoms with Crippen LogP contribution in [0.3, 0.4) is 0 Å². The van der Waals surface area contributed by atoms with E-state index in [1.165, 1.54) is 0 Å². The van der Waals surface area contributed by atoms with Crippen LogP contribution in [0.15, 0.2) is 16.7 Å². The number of carbonyl (C=O) groups is 1. The zero-order valence-electron chi connectivity index (χ0n) is 9.58. The first-order valence-electron chi connectivity index (χ1n) is 5.80. The number of rotatable bonds is 3. The maximum Gasteiger partial charge on any atom is 0.287 e. The lowest BCUT2D eigenvalue weighted by Crippen LogP contribution is -2.36. The average Bonchev–Trinajstić information content (AvgIpc) is 2.74. The highest BCUT2D eigenvalue weighted by Crippen LogP contribution is 2.12. The lowest BCUT2D eigenvalue weighted by atomic mass is 9.98. The Morgan fingerprint density at radius 1 is 1.56 bits per heavy atom. The number of hydrogen-bond acceptors (Lipinski definition) is 3. The Labute approximate surface area is 95.4 Å². The van der Waals surface area contributed by atoms with Crippen LogP contribution in [0.5, 0.6) is 0 Å². The molecule has 4 nitrogen and oxygen atoms in total. The molecule has 0 aromatic carbocycles. The molecular weight excluding hydrogens is 204 g/mol. The van der Waals surface area contributed by atoms with Crippen molar-refractivity contribution >= 4 is 5.91 Å². The van der Waals surface area contributed by atoms with Gasteiger partial charge in [-0.1, -0.05) is 0 Å². The summed E-state index contributed by atoms with van der Waals surface area (Å²) >= 11 is 0. The van der Waals surface area contributed by atoms with Crippen molar-refractivity contribution in [2.75, 3.05) is 19.6 Å². The van der Waals surface area contributed by atoms with E-state index < -0.39 is 0 Å². The Morgan fingerprint density at radius 2 is 2.31 bits per heavy atom. The van der Waals surface area contributed by atoms with Crippen LogP contribution in [-0.2, 0) is 0 Å². The van der Waals surface area contributed by atoms with Crippen molar-refractivity contribution in [1.29, 1.82) is 0 Å². The number of amides is 1. The van der Waals surface area contributed by atoms with Gasteiger partial charge >= 0.3 is 0 Å². The molecule has 16 heavy (non-hydrogen) atoms. The minimum absolute atomic E-state index is 0.0963. The molecule has 0 unspecified atom stereocenters. The summed E-state index contributed by atoms with van der Waals surface area (Å²) in [6.45, 7) is 4.74. The molecule has 0 spiro atoms. The van der Waals surface area contributed by atoms with Crippen LogP contribution in [0.2, 0.25) is 0 Å². The molecule has 0 radical (unpaired) electrons. The van der Waals surface area contributed by atoms with E-state index in [1.807, 2.05) is 6.92 Å². The Balaban J connectivity index is 1.81. The van der Waals surface area contributed by atoms with Crippen LogP contribution in [0.25, 0.3) is 0 Å². The van der Waals surface area contributed by atoms with Crippen molar-refractivity contribution < 1.29 is 9.21 Å². The van der Waals surface area contributed by atoms with Crippen molar-refractivity contribution in [1.82, 2.24) is 10.6 Å². The first kappa shape index (κ1) is 11.2. The Kier molecular flexibility index (Phi) is 3.62. The van der Waals surface area contributed by atoms with Gasteiger partial charge in [0.25, 0.3) is 5.91 Å². The molecule has 1 aromatic heterocycles. The number of hydrogen-bond donors (Lipinski definition) is 2. The van der Waals surface area contributed by atoms with Crippen molar-refractivity contribution in [3.05, 3.63) is 23.7 Å². The molecule has 0 bridgehead atoms. The molecule has 0 saturated carbocycles. The lowest BCUT2D eigenvalue weighted by Gasteiger charge is -2.22. The monoisotopic (exact) mass is 222 g/mol. The van der Waals surface area contributed by atoms with Crippen molar-refractivity contribution in [2.45, 2.75) is 19.8 Å². The Hall–Kier alpha value is -1.29. The molecule has 2 rings (SSSR count). The van der Waals surface area contributed by atoms with E-state index in [1.54, 1.807) is 12.3 Å². The van der Waals surface area contributed by atoms with Gasteiger partial charge in [-0.25, -0.2) is 0 Å². The molecule has 88 valence electrons. The van der Waals surface area contributed by atoms with Crippen molar-refractivity contribution in [3.8, 4) is 0 Å². The summed E-state index contributed by atoms with van der Waals surface area (Å²) in [5, 5.41) is 6.24. The van der Waals surface area contributed by atoms with Crippen LogP contribution in [0, 0.1) is 12.8 Å². The van der Waals surface area contributed by atoms with E-state index >= 15 is 0 Å². The van der Waals surface area contributed by atoms with E-state index in [-0.39, 0.29) is 5.91 Å². The SMILES string of the molecule is Cc1ccoc1C(=O)NCC1CCNCC1. The van der Waals surface area contributed by atoms with Crippen molar-refractivity contribution in [2.24, 2.45) is 5.92 Å². The maximum atomic E-state index is 11.7. The average molecular weight is 222 g/mol. The van der Waals surface area contributed by atoms with Gasteiger partial charge in [-0.05, 0) is 44.8 Å². The smallest absolute Gasteiger partial charge is 0.287 e. The molecular formula is C12H18N2O2. The zero-order valence-corrected chi connectivity index (χ0v) is 9.58. The second kappa shape index (κ2) is 5.16.